The van der Waals surface area contributed by atoms with Crippen LogP contribution in [0.5, 0.6) is 11.5 Å². The number of benzene rings is 1. The van der Waals surface area contributed by atoms with E-state index in [1.165, 1.54) is 12.5 Å². The van der Waals surface area contributed by atoms with E-state index in [-0.39, 0.29) is 24.0 Å². The van der Waals surface area contributed by atoms with Gasteiger partial charge in [0.25, 0.3) is 11.8 Å². The molecule has 0 saturated carbocycles. The molecular weight excluding hydrogens is 360 g/mol. The zero-order chi connectivity index (χ0) is 19.7. The highest BCUT2D eigenvalue weighted by molar-refractivity contribution is 5.94. The largest absolute Gasteiger partial charge is 0.483 e. The quantitative estimate of drug-likeness (QED) is 0.809. The minimum Gasteiger partial charge on any atom is -0.483 e. The monoisotopic (exact) mass is 384 g/mol. The van der Waals surface area contributed by atoms with Crippen molar-refractivity contribution in [3.05, 3.63) is 47.9 Å². The standard InChI is InChI=1S/C21H24N2O5/c1-21(2)12-15-4-3-5-17(19(15)28-21)27-14-18(24)22-7-9-23(10-8-22)20(25)16-6-11-26-13-16/h3-6,11,13H,7-10,12,14H2,1-2H3. The molecule has 0 N–H and O–H groups in total. The smallest absolute Gasteiger partial charge is 0.260 e. The number of amides is 2. The average Bonchev–Trinajstić information content (AvgIpc) is 3.32. The van der Waals surface area contributed by atoms with Gasteiger partial charge < -0.3 is 23.7 Å². The summed E-state index contributed by atoms with van der Waals surface area (Å²) in [6.45, 7) is 5.99. The molecule has 0 unspecified atom stereocenters. The predicted molar refractivity (Wildman–Crippen MR) is 102 cm³/mol. The third kappa shape index (κ3) is 3.69. The maximum absolute atomic E-state index is 12.5. The molecule has 4 rings (SSSR count). The van der Waals surface area contributed by atoms with Crippen molar-refractivity contribution in [1.29, 1.82) is 0 Å². The molecule has 2 aliphatic heterocycles. The predicted octanol–water partition coefficient (Wildman–Crippen LogP) is 2.36. The maximum Gasteiger partial charge on any atom is 0.260 e. The average molecular weight is 384 g/mol. The van der Waals surface area contributed by atoms with Crippen LogP contribution in [-0.2, 0) is 11.2 Å². The number of para-hydroxylation sites is 1. The van der Waals surface area contributed by atoms with Gasteiger partial charge >= 0.3 is 0 Å². The number of nitrogens with zero attached hydrogens (tertiary/aromatic N) is 2. The minimum absolute atomic E-state index is 0.0457. The van der Waals surface area contributed by atoms with Crippen LogP contribution in [0.15, 0.2) is 41.2 Å². The number of hydrogen-bond donors (Lipinski definition) is 0. The lowest BCUT2D eigenvalue weighted by Crippen LogP contribution is -2.51. The maximum atomic E-state index is 12.5. The van der Waals surface area contributed by atoms with Gasteiger partial charge in [0.1, 0.15) is 11.9 Å². The summed E-state index contributed by atoms with van der Waals surface area (Å²) in [5, 5.41) is 0. The lowest BCUT2D eigenvalue weighted by Gasteiger charge is -2.34. The van der Waals surface area contributed by atoms with E-state index in [1.807, 2.05) is 32.0 Å². The van der Waals surface area contributed by atoms with Crippen molar-refractivity contribution in [2.24, 2.45) is 0 Å². The Morgan fingerprint density at radius 2 is 1.86 bits per heavy atom. The Morgan fingerprint density at radius 3 is 2.57 bits per heavy atom. The first-order chi connectivity index (χ1) is 13.4. The molecule has 0 spiro atoms. The molecule has 0 aliphatic carbocycles. The molecule has 28 heavy (non-hydrogen) atoms. The number of hydrogen-bond acceptors (Lipinski definition) is 5. The second kappa shape index (κ2) is 7.22. The number of ether oxygens (including phenoxy) is 2. The van der Waals surface area contributed by atoms with Gasteiger partial charge in [-0.1, -0.05) is 12.1 Å². The molecule has 7 nitrogen and oxygen atoms in total. The fourth-order valence-electron chi connectivity index (χ4n) is 3.66. The van der Waals surface area contributed by atoms with Crippen LogP contribution >= 0.6 is 0 Å². The van der Waals surface area contributed by atoms with Crippen LogP contribution in [0.3, 0.4) is 0 Å². The number of carbonyl (C=O) groups is 2. The number of carbonyl (C=O) groups excluding carboxylic acids is 2. The van der Waals surface area contributed by atoms with E-state index in [0.717, 1.165) is 17.7 Å². The van der Waals surface area contributed by atoms with Crippen LogP contribution in [0.1, 0.15) is 29.8 Å². The molecule has 2 aliphatic rings. The third-order valence-corrected chi connectivity index (χ3v) is 5.09. The van der Waals surface area contributed by atoms with Gasteiger partial charge in [0.15, 0.2) is 18.1 Å². The highest BCUT2D eigenvalue weighted by Crippen LogP contribution is 2.41. The summed E-state index contributed by atoms with van der Waals surface area (Å²) in [4.78, 5) is 28.3. The highest BCUT2D eigenvalue weighted by Gasteiger charge is 2.32. The summed E-state index contributed by atoms with van der Waals surface area (Å²) < 4.78 is 16.7. The minimum atomic E-state index is -0.260. The Labute approximate surface area is 163 Å². The van der Waals surface area contributed by atoms with Gasteiger partial charge in [-0.05, 0) is 26.0 Å². The molecule has 2 aromatic rings. The van der Waals surface area contributed by atoms with E-state index >= 15 is 0 Å². The van der Waals surface area contributed by atoms with Crippen LogP contribution in [0, 0.1) is 0 Å². The van der Waals surface area contributed by atoms with Crippen molar-refractivity contribution in [3.63, 3.8) is 0 Å². The van der Waals surface area contributed by atoms with E-state index in [9.17, 15) is 9.59 Å². The first kappa shape index (κ1) is 18.4. The van der Waals surface area contributed by atoms with Gasteiger partial charge in [-0.3, -0.25) is 9.59 Å². The zero-order valence-corrected chi connectivity index (χ0v) is 16.1. The second-order valence-electron chi connectivity index (χ2n) is 7.76. The van der Waals surface area contributed by atoms with E-state index in [1.54, 1.807) is 15.9 Å². The molecule has 1 aromatic carbocycles. The lowest BCUT2D eigenvalue weighted by atomic mass is 10.0. The van der Waals surface area contributed by atoms with E-state index in [4.69, 9.17) is 13.9 Å². The molecule has 0 radical (unpaired) electrons. The molecule has 2 amide bonds. The molecule has 0 bridgehead atoms. The van der Waals surface area contributed by atoms with Gasteiger partial charge in [-0.25, -0.2) is 0 Å². The lowest BCUT2D eigenvalue weighted by molar-refractivity contribution is -0.134. The van der Waals surface area contributed by atoms with Crippen LogP contribution in [-0.4, -0.2) is 60.0 Å². The van der Waals surface area contributed by atoms with Crippen LogP contribution < -0.4 is 9.47 Å². The SMILES string of the molecule is CC1(C)Cc2cccc(OCC(=O)N3CCN(C(=O)c4ccoc4)CC3)c2O1. The van der Waals surface area contributed by atoms with Crippen molar-refractivity contribution >= 4 is 11.8 Å². The molecular formula is C21H24N2O5. The Morgan fingerprint density at radius 1 is 1.11 bits per heavy atom. The van der Waals surface area contributed by atoms with Gasteiger partial charge in [-0.2, -0.15) is 0 Å². The van der Waals surface area contributed by atoms with E-state index < -0.39 is 0 Å². The molecule has 0 atom stereocenters. The molecule has 3 heterocycles. The zero-order valence-electron chi connectivity index (χ0n) is 16.1. The van der Waals surface area contributed by atoms with Gasteiger partial charge in [0.05, 0.1) is 11.8 Å². The fourth-order valence-corrected chi connectivity index (χ4v) is 3.66. The van der Waals surface area contributed by atoms with Crippen LogP contribution in [0.2, 0.25) is 0 Å². The summed E-state index contributed by atoms with van der Waals surface area (Å²) in [6.07, 6.45) is 3.74. The first-order valence-corrected chi connectivity index (χ1v) is 9.46. The number of furan rings is 1. The summed E-state index contributed by atoms with van der Waals surface area (Å²) in [6, 6.07) is 7.42. The van der Waals surface area contributed by atoms with Crippen molar-refractivity contribution < 1.29 is 23.5 Å². The van der Waals surface area contributed by atoms with Crippen LogP contribution in [0.25, 0.3) is 0 Å². The van der Waals surface area contributed by atoms with Crippen molar-refractivity contribution in [1.82, 2.24) is 9.80 Å². The Hall–Kier alpha value is -2.96. The summed E-state index contributed by atoms with van der Waals surface area (Å²) >= 11 is 0. The van der Waals surface area contributed by atoms with Gasteiger partial charge in [0, 0.05) is 38.2 Å². The highest BCUT2D eigenvalue weighted by atomic mass is 16.5. The van der Waals surface area contributed by atoms with E-state index in [2.05, 4.69) is 0 Å². The van der Waals surface area contributed by atoms with Crippen molar-refractivity contribution in [2.45, 2.75) is 25.9 Å². The fraction of sp³-hybridized carbons (Fsp3) is 0.429. The Bertz CT molecular complexity index is 867. The summed E-state index contributed by atoms with van der Waals surface area (Å²) in [5.41, 5.74) is 1.37. The molecule has 148 valence electrons. The molecule has 1 aromatic heterocycles. The Balaban J connectivity index is 1.31. The van der Waals surface area contributed by atoms with Crippen LogP contribution in [0.4, 0.5) is 0 Å². The van der Waals surface area contributed by atoms with Gasteiger partial charge in [-0.15, -0.1) is 0 Å². The molecule has 1 fully saturated rings. The number of rotatable bonds is 4. The Kier molecular flexibility index (Phi) is 4.75. The number of fused-ring (bicyclic) bond motifs is 1. The molecule has 1 saturated heterocycles. The van der Waals surface area contributed by atoms with Gasteiger partial charge in [0.2, 0.25) is 0 Å². The third-order valence-electron chi connectivity index (χ3n) is 5.09. The second-order valence-corrected chi connectivity index (χ2v) is 7.76. The first-order valence-electron chi connectivity index (χ1n) is 9.46. The van der Waals surface area contributed by atoms with Crippen molar-refractivity contribution in [3.8, 4) is 11.5 Å². The van der Waals surface area contributed by atoms with E-state index in [0.29, 0.717) is 37.5 Å². The number of piperazine rings is 1. The normalized spacial score (nSPS) is 17.8. The van der Waals surface area contributed by atoms with Crippen molar-refractivity contribution in [2.75, 3.05) is 32.8 Å². The molecule has 7 heteroatoms. The topological polar surface area (TPSA) is 72.2 Å². The summed E-state index contributed by atoms with van der Waals surface area (Å²) in [5.74, 6) is 1.17. The summed E-state index contributed by atoms with van der Waals surface area (Å²) in [7, 11) is 0.